The number of rotatable bonds is 8. The minimum absolute atomic E-state index is 0.380. The quantitative estimate of drug-likeness (QED) is 0.705. The summed E-state index contributed by atoms with van der Waals surface area (Å²) in [6.45, 7) is 1.56. The minimum Gasteiger partial charge on any atom is -0.479 e. The maximum absolute atomic E-state index is 11.9. The fourth-order valence-electron chi connectivity index (χ4n) is 2.20. The number of nitrogens with zero attached hydrogens (tertiary/aromatic N) is 1. The molecule has 0 aromatic heterocycles. The number of hydrogen-bond acceptors (Lipinski definition) is 5. The summed E-state index contributed by atoms with van der Waals surface area (Å²) in [5, 5.41) is 12.1. The predicted molar refractivity (Wildman–Crippen MR) is 100 cm³/mol. The number of amides is 1. The van der Waals surface area contributed by atoms with Crippen molar-refractivity contribution < 1.29 is 19.1 Å². The number of nitriles is 1. The van der Waals surface area contributed by atoms with E-state index in [0.29, 0.717) is 29.3 Å². The number of carbonyl (C=O) groups excluding carboxylic acids is 2. The lowest BCUT2D eigenvalue weighted by Gasteiger charge is -2.14. The van der Waals surface area contributed by atoms with Crippen molar-refractivity contribution in [1.82, 2.24) is 5.32 Å². The van der Waals surface area contributed by atoms with E-state index in [0.717, 1.165) is 5.56 Å². The van der Waals surface area contributed by atoms with Crippen molar-refractivity contribution in [3.05, 3.63) is 64.7 Å². The van der Waals surface area contributed by atoms with Gasteiger partial charge in [0, 0.05) is 11.6 Å². The monoisotopic (exact) mass is 386 g/mol. The standard InChI is InChI=1S/C20H19ClN2O4/c1-14(27-18-7-5-16(12-22)6-8-18)20(25)26-13-19(24)23-10-9-15-3-2-4-17(21)11-15/h2-8,11,14H,9-10,13H2,1H3,(H,23,24)/t14-/m1/s1. The number of hydrogen-bond donors (Lipinski definition) is 1. The lowest BCUT2D eigenvalue weighted by molar-refractivity contribution is -0.154. The molecule has 7 heteroatoms. The summed E-state index contributed by atoms with van der Waals surface area (Å²) in [6.07, 6.45) is -0.254. The molecule has 0 saturated carbocycles. The van der Waals surface area contributed by atoms with Crippen LogP contribution in [0.2, 0.25) is 5.02 Å². The molecule has 0 fully saturated rings. The van der Waals surface area contributed by atoms with Crippen molar-refractivity contribution in [1.29, 1.82) is 5.26 Å². The molecule has 1 amide bonds. The Kier molecular flexibility index (Phi) is 7.65. The second-order valence-corrected chi connectivity index (χ2v) is 6.17. The van der Waals surface area contributed by atoms with Crippen LogP contribution in [0, 0.1) is 11.3 Å². The van der Waals surface area contributed by atoms with Gasteiger partial charge in [-0.15, -0.1) is 0 Å². The van der Waals surface area contributed by atoms with Crippen molar-refractivity contribution in [3.63, 3.8) is 0 Å². The largest absolute Gasteiger partial charge is 0.479 e. The van der Waals surface area contributed by atoms with Crippen LogP contribution in [-0.2, 0) is 20.7 Å². The SMILES string of the molecule is C[C@@H](Oc1ccc(C#N)cc1)C(=O)OCC(=O)NCCc1cccc(Cl)c1. The van der Waals surface area contributed by atoms with E-state index in [4.69, 9.17) is 26.3 Å². The highest BCUT2D eigenvalue weighted by molar-refractivity contribution is 6.30. The smallest absolute Gasteiger partial charge is 0.347 e. The summed E-state index contributed by atoms with van der Waals surface area (Å²) < 4.78 is 10.4. The molecule has 0 aliphatic heterocycles. The Morgan fingerprint density at radius 1 is 1.22 bits per heavy atom. The summed E-state index contributed by atoms with van der Waals surface area (Å²) in [7, 11) is 0. The van der Waals surface area contributed by atoms with Crippen LogP contribution >= 0.6 is 11.6 Å². The first kappa shape index (κ1) is 20.3. The zero-order valence-electron chi connectivity index (χ0n) is 14.8. The maximum Gasteiger partial charge on any atom is 0.347 e. The van der Waals surface area contributed by atoms with Crippen LogP contribution in [0.1, 0.15) is 18.1 Å². The number of esters is 1. The van der Waals surface area contributed by atoms with Gasteiger partial charge in [0.05, 0.1) is 11.6 Å². The average Bonchev–Trinajstić information content (AvgIpc) is 2.66. The number of nitrogens with one attached hydrogen (secondary N) is 1. The van der Waals surface area contributed by atoms with Gasteiger partial charge >= 0.3 is 5.97 Å². The highest BCUT2D eigenvalue weighted by Gasteiger charge is 2.17. The number of ether oxygens (including phenoxy) is 2. The van der Waals surface area contributed by atoms with E-state index in [9.17, 15) is 9.59 Å². The first-order valence-electron chi connectivity index (χ1n) is 8.32. The molecule has 0 aliphatic rings. The maximum atomic E-state index is 11.9. The fraction of sp³-hybridized carbons (Fsp3) is 0.250. The molecule has 2 aromatic carbocycles. The molecule has 0 unspecified atom stereocenters. The van der Waals surface area contributed by atoms with Gasteiger partial charge in [0.2, 0.25) is 0 Å². The Morgan fingerprint density at radius 3 is 2.63 bits per heavy atom. The molecular weight excluding hydrogens is 368 g/mol. The molecule has 0 heterocycles. The van der Waals surface area contributed by atoms with Gasteiger partial charge in [0.25, 0.3) is 5.91 Å². The number of carbonyl (C=O) groups is 2. The summed E-state index contributed by atoms with van der Waals surface area (Å²) in [5.41, 5.74) is 1.50. The van der Waals surface area contributed by atoms with Gasteiger partial charge in [-0.2, -0.15) is 5.26 Å². The van der Waals surface area contributed by atoms with E-state index in [1.807, 2.05) is 24.3 Å². The first-order chi connectivity index (χ1) is 13.0. The van der Waals surface area contributed by atoms with Crippen LogP contribution < -0.4 is 10.1 Å². The van der Waals surface area contributed by atoms with Crippen molar-refractivity contribution in [3.8, 4) is 11.8 Å². The number of benzene rings is 2. The topological polar surface area (TPSA) is 88.4 Å². The molecule has 0 bridgehead atoms. The van der Waals surface area contributed by atoms with Crippen LogP contribution in [0.3, 0.4) is 0 Å². The highest BCUT2D eigenvalue weighted by Crippen LogP contribution is 2.14. The second kappa shape index (κ2) is 10.2. The van der Waals surface area contributed by atoms with E-state index < -0.39 is 18.0 Å². The average molecular weight is 387 g/mol. The van der Waals surface area contributed by atoms with Gasteiger partial charge in [0.15, 0.2) is 12.7 Å². The van der Waals surface area contributed by atoms with Gasteiger partial charge in [-0.3, -0.25) is 4.79 Å². The molecule has 1 atom stereocenters. The van der Waals surface area contributed by atoms with Crippen molar-refractivity contribution in [2.24, 2.45) is 0 Å². The third-order valence-electron chi connectivity index (χ3n) is 3.60. The molecule has 0 radical (unpaired) electrons. The van der Waals surface area contributed by atoms with Crippen molar-refractivity contribution in [2.75, 3.05) is 13.2 Å². The third-order valence-corrected chi connectivity index (χ3v) is 3.83. The van der Waals surface area contributed by atoms with Crippen molar-refractivity contribution in [2.45, 2.75) is 19.4 Å². The molecule has 27 heavy (non-hydrogen) atoms. The Labute approximate surface area is 162 Å². The van der Waals surface area contributed by atoms with Crippen LogP contribution in [0.5, 0.6) is 5.75 Å². The molecule has 0 spiro atoms. The molecule has 0 saturated heterocycles. The first-order valence-corrected chi connectivity index (χ1v) is 8.70. The molecule has 1 N–H and O–H groups in total. The zero-order valence-corrected chi connectivity index (χ0v) is 15.5. The predicted octanol–water partition coefficient (Wildman–Crippen LogP) is 2.88. The van der Waals surface area contributed by atoms with Crippen molar-refractivity contribution >= 4 is 23.5 Å². The summed E-state index contributed by atoms with van der Waals surface area (Å²) >= 11 is 5.90. The van der Waals surface area contributed by atoms with E-state index in [2.05, 4.69) is 5.32 Å². The summed E-state index contributed by atoms with van der Waals surface area (Å²) in [4.78, 5) is 23.7. The normalized spacial score (nSPS) is 11.1. The van der Waals surface area contributed by atoms with Gasteiger partial charge in [0.1, 0.15) is 5.75 Å². The molecule has 0 aliphatic carbocycles. The van der Waals surface area contributed by atoms with Gasteiger partial charge in [-0.05, 0) is 55.3 Å². The van der Waals surface area contributed by atoms with Crippen LogP contribution in [-0.4, -0.2) is 31.1 Å². The number of halogens is 1. The Morgan fingerprint density at radius 2 is 1.96 bits per heavy atom. The summed E-state index contributed by atoms with van der Waals surface area (Å²) in [6, 6.07) is 15.7. The van der Waals surface area contributed by atoms with Crippen LogP contribution in [0.4, 0.5) is 0 Å². The van der Waals surface area contributed by atoms with E-state index in [-0.39, 0.29) is 6.61 Å². The van der Waals surface area contributed by atoms with E-state index in [1.54, 1.807) is 30.3 Å². The highest BCUT2D eigenvalue weighted by atomic mass is 35.5. The fourth-order valence-corrected chi connectivity index (χ4v) is 2.42. The molecule has 2 rings (SSSR count). The Balaban J connectivity index is 1.68. The van der Waals surface area contributed by atoms with Gasteiger partial charge < -0.3 is 14.8 Å². The zero-order chi connectivity index (χ0) is 19.6. The van der Waals surface area contributed by atoms with E-state index >= 15 is 0 Å². The molecule has 2 aromatic rings. The van der Waals surface area contributed by atoms with Gasteiger partial charge in [-0.1, -0.05) is 23.7 Å². The Hall–Kier alpha value is -3.04. The lowest BCUT2D eigenvalue weighted by atomic mass is 10.1. The second-order valence-electron chi connectivity index (χ2n) is 5.73. The lowest BCUT2D eigenvalue weighted by Crippen LogP contribution is -2.33. The molecular formula is C20H19ClN2O4. The third kappa shape index (κ3) is 7.00. The van der Waals surface area contributed by atoms with E-state index in [1.165, 1.54) is 6.92 Å². The van der Waals surface area contributed by atoms with Crippen LogP contribution in [0.15, 0.2) is 48.5 Å². The molecule has 6 nitrogen and oxygen atoms in total. The minimum atomic E-state index is -0.878. The molecule has 140 valence electrons. The van der Waals surface area contributed by atoms with Crippen LogP contribution in [0.25, 0.3) is 0 Å². The van der Waals surface area contributed by atoms with Gasteiger partial charge in [-0.25, -0.2) is 4.79 Å². The Bertz CT molecular complexity index is 831. The summed E-state index contributed by atoms with van der Waals surface area (Å²) in [5.74, 6) is -0.607.